The van der Waals surface area contributed by atoms with Gasteiger partial charge in [-0.05, 0) is 41.0 Å². The number of thiophene rings is 1. The van der Waals surface area contributed by atoms with Gasteiger partial charge in [-0.3, -0.25) is 0 Å². The third-order valence-electron chi connectivity index (χ3n) is 4.00. The van der Waals surface area contributed by atoms with Crippen molar-refractivity contribution in [3.8, 4) is 27.6 Å². The highest BCUT2D eigenvalue weighted by atomic mass is 32.1. The largest absolute Gasteiger partial charge is 0.477 e. The molecule has 0 radical (unpaired) electrons. The first-order valence-corrected chi connectivity index (χ1v) is 8.57. The summed E-state index contributed by atoms with van der Waals surface area (Å²) < 4.78 is 13.7. The Bertz CT molecular complexity index is 1020. The topological polar surface area (TPSA) is 64.3 Å². The van der Waals surface area contributed by atoms with E-state index in [2.05, 4.69) is 6.07 Å². The van der Waals surface area contributed by atoms with Gasteiger partial charge in [0.15, 0.2) is 0 Å². The van der Waals surface area contributed by atoms with Crippen LogP contribution >= 0.6 is 11.3 Å². The summed E-state index contributed by atoms with van der Waals surface area (Å²) in [6.45, 7) is 0. The highest BCUT2D eigenvalue weighted by molar-refractivity contribution is 7.17. The molecule has 0 bridgehead atoms. The van der Waals surface area contributed by atoms with Gasteiger partial charge in [0.2, 0.25) is 0 Å². The molecule has 0 unspecified atom stereocenters. The third-order valence-corrected chi connectivity index (χ3v) is 5.15. The van der Waals surface area contributed by atoms with E-state index in [0.717, 1.165) is 28.2 Å². The first kappa shape index (κ1) is 17.6. The Kier molecular flexibility index (Phi) is 4.74. The molecule has 0 amide bonds. The van der Waals surface area contributed by atoms with Crippen LogP contribution in [0.25, 0.3) is 21.6 Å². The Morgan fingerprint density at radius 1 is 1.12 bits per heavy atom. The van der Waals surface area contributed by atoms with Crippen molar-refractivity contribution in [1.82, 2.24) is 0 Å². The molecule has 0 aliphatic heterocycles. The van der Waals surface area contributed by atoms with E-state index in [1.807, 2.05) is 43.3 Å². The van der Waals surface area contributed by atoms with Gasteiger partial charge in [0.25, 0.3) is 0 Å². The Morgan fingerprint density at radius 3 is 2.31 bits per heavy atom. The zero-order valence-electron chi connectivity index (χ0n) is 14.2. The molecule has 0 aliphatic rings. The number of anilines is 1. The molecule has 0 atom stereocenters. The van der Waals surface area contributed by atoms with Crippen molar-refractivity contribution in [3.63, 3.8) is 0 Å². The van der Waals surface area contributed by atoms with Crippen molar-refractivity contribution < 1.29 is 14.3 Å². The minimum Gasteiger partial charge on any atom is -0.477 e. The lowest BCUT2D eigenvalue weighted by molar-refractivity contribution is 0.0697. The van der Waals surface area contributed by atoms with Crippen LogP contribution in [0.4, 0.5) is 10.1 Å². The summed E-state index contributed by atoms with van der Waals surface area (Å²) in [7, 11) is 3.91. The second-order valence-corrected chi connectivity index (χ2v) is 6.96. The van der Waals surface area contributed by atoms with Crippen LogP contribution in [-0.4, -0.2) is 25.2 Å². The molecule has 1 N–H and O–H groups in total. The average Bonchev–Trinajstić information content (AvgIpc) is 3.03. The van der Waals surface area contributed by atoms with E-state index in [0.29, 0.717) is 16.0 Å². The smallest absolute Gasteiger partial charge is 0.348 e. The van der Waals surface area contributed by atoms with Crippen molar-refractivity contribution in [2.75, 3.05) is 19.0 Å². The molecule has 3 rings (SSSR count). The summed E-state index contributed by atoms with van der Waals surface area (Å²) in [6, 6.07) is 16.4. The molecule has 0 saturated heterocycles. The quantitative estimate of drug-likeness (QED) is 0.716. The molecule has 6 heteroatoms. The molecule has 130 valence electrons. The van der Waals surface area contributed by atoms with Gasteiger partial charge < -0.3 is 10.0 Å². The number of rotatable bonds is 4. The predicted octanol–water partition coefficient (Wildman–Crippen LogP) is 4.86. The van der Waals surface area contributed by atoms with Crippen molar-refractivity contribution in [3.05, 3.63) is 64.8 Å². The average molecular weight is 366 g/mol. The van der Waals surface area contributed by atoms with E-state index in [1.165, 1.54) is 6.07 Å². The normalized spacial score (nSPS) is 10.4. The van der Waals surface area contributed by atoms with Crippen LogP contribution in [0.15, 0.2) is 48.5 Å². The van der Waals surface area contributed by atoms with Crippen molar-refractivity contribution in [2.45, 2.75) is 0 Å². The molecule has 1 aromatic heterocycles. The maximum Gasteiger partial charge on any atom is 0.348 e. The van der Waals surface area contributed by atoms with Crippen molar-refractivity contribution >= 4 is 23.0 Å². The zero-order chi connectivity index (χ0) is 18.8. The standard InChI is InChI=1S/C20H15FN2O2S/c1-23(2)15-6-3-12(4-7-15)16-8-5-13(9-14(16)11-22)18-10-17(21)19(26-18)20(24)25/h3-10H,1-2H3,(H,24,25). The lowest BCUT2D eigenvalue weighted by Gasteiger charge is -2.13. The molecule has 2 aromatic carbocycles. The number of nitriles is 1. The second-order valence-electron chi connectivity index (χ2n) is 5.91. The van der Waals surface area contributed by atoms with E-state index in [1.54, 1.807) is 18.2 Å². The highest BCUT2D eigenvalue weighted by Crippen LogP contribution is 2.34. The number of aromatic carboxylic acids is 1. The molecule has 1 heterocycles. The summed E-state index contributed by atoms with van der Waals surface area (Å²) >= 11 is 0.857. The fourth-order valence-corrected chi connectivity index (χ4v) is 3.51. The maximum absolute atomic E-state index is 13.7. The van der Waals surface area contributed by atoms with Gasteiger partial charge in [0.05, 0.1) is 11.6 Å². The van der Waals surface area contributed by atoms with Gasteiger partial charge in [-0.1, -0.05) is 24.3 Å². The molecule has 0 saturated carbocycles. The summed E-state index contributed by atoms with van der Waals surface area (Å²) in [5.74, 6) is -2.06. The van der Waals surface area contributed by atoms with Crippen LogP contribution < -0.4 is 4.90 Å². The maximum atomic E-state index is 13.7. The summed E-state index contributed by atoms with van der Waals surface area (Å²) in [4.78, 5) is 13.2. The Hall–Kier alpha value is -3.17. The summed E-state index contributed by atoms with van der Waals surface area (Å²) in [5.41, 5.74) is 3.80. The first-order chi connectivity index (χ1) is 12.4. The van der Waals surface area contributed by atoms with Crippen LogP contribution in [-0.2, 0) is 0 Å². The molecule has 0 fully saturated rings. The SMILES string of the molecule is CN(C)c1ccc(-c2ccc(-c3cc(F)c(C(=O)O)s3)cc2C#N)cc1. The van der Waals surface area contributed by atoms with Crippen LogP contribution in [0.2, 0.25) is 0 Å². The van der Waals surface area contributed by atoms with E-state index in [9.17, 15) is 14.4 Å². The van der Waals surface area contributed by atoms with Gasteiger partial charge in [0.1, 0.15) is 10.7 Å². The van der Waals surface area contributed by atoms with Crippen molar-refractivity contribution in [1.29, 1.82) is 5.26 Å². The van der Waals surface area contributed by atoms with Crippen LogP contribution in [0.3, 0.4) is 0 Å². The number of halogens is 1. The van der Waals surface area contributed by atoms with Gasteiger partial charge >= 0.3 is 5.97 Å². The number of hydrogen-bond acceptors (Lipinski definition) is 4. The van der Waals surface area contributed by atoms with Gasteiger partial charge in [-0.15, -0.1) is 11.3 Å². The van der Waals surface area contributed by atoms with Gasteiger partial charge in [-0.25, -0.2) is 9.18 Å². The molecule has 3 aromatic rings. The molecule has 4 nitrogen and oxygen atoms in total. The van der Waals surface area contributed by atoms with Crippen LogP contribution in [0.5, 0.6) is 0 Å². The van der Waals surface area contributed by atoms with E-state index in [4.69, 9.17) is 5.11 Å². The number of benzene rings is 2. The fourth-order valence-electron chi connectivity index (χ4n) is 2.64. The first-order valence-electron chi connectivity index (χ1n) is 7.75. The minimum absolute atomic E-state index is 0.332. The number of hydrogen-bond donors (Lipinski definition) is 1. The fraction of sp³-hybridized carbons (Fsp3) is 0.100. The predicted molar refractivity (Wildman–Crippen MR) is 101 cm³/mol. The number of nitrogens with zero attached hydrogens (tertiary/aromatic N) is 2. The number of carboxylic acids is 1. The Morgan fingerprint density at radius 2 is 1.77 bits per heavy atom. The van der Waals surface area contributed by atoms with Crippen molar-refractivity contribution in [2.24, 2.45) is 0 Å². The number of carbonyl (C=O) groups is 1. The zero-order valence-corrected chi connectivity index (χ0v) is 15.0. The minimum atomic E-state index is -1.29. The van der Waals surface area contributed by atoms with E-state index >= 15 is 0 Å². The third kappa shape index (κ3) is 3.30. The second kappa shape index (κ2) is 6.98. The molecular weight excluding hydrogens is 351 g/mol. The van der Waals surface area contributed by atoms with Crippen LogP contribution in [0.1, 0.15) is 15.2 Å². The van der Waals surface area contributed by atoms with E-state index < -0.39 is 11.8 Å². The lowest BCUT2D eigenvalue weighted by atomic mass is 9.97. The Labute approximate surface area is 154 Å². The highest BCUT2D eigenvalue weighted by Gasteiger charge is 2.17. The molecule has 0 aliphatic carbocycles. The van der Waals surface area contributed by atoms with E-state index in [-0.39, 0.29) is 4.88 Å². The molecule has 26 heavy (non-hydrogen) atoms. The molecular formula is C20H15FN2O2S. The Balaban J connectivity index is 2.02. The lowest BCUT2D eigenvalue weighted by Crippen LogP contribution is -2.07. The molecule has 0 spiro atoms. The van der Waals surface area contributed by atoms with Crippen LogP contribution in [0, 0.1) is 17.1 Å². The summed E-state index contributed by atoms with van der Waals surface area (Å²) in [5, 5.41) is 18.5. The van der Waals surface area contributed by atoms with Gasteiger partial charge in [-0.2, -0.15) is 5.26 Å². The summed E-state index contributed by atoms with van der Waals surface area (Å²) in [6.07, 6.45) is 0. The number of carboxylic acid groups (broad SMARTS) is 1. The van der Waals surface area contributed by atoms with Gasteiger partial charge in [0, 0.05) is 24.7 Å². The monoisotopic (exact) mass is 366 g/mol.